The smallest absolute Gasteiger partial charge is 0.189 e. The molecule has 3 nitrogen and oxygen atoms in total. The highest BCUT2D eigenvalue weighted by Gasteiger charge is 2.18. The summed E-state index contributed by atoms with van der Waals surface area (Å²) in [5, 5.41) is 10.8. The Morgan fingerprint density at radius 3 is 1.76 bits per heavy atom. The van der Waals surface area contributed by atoms with Gasteiger partial charge in [-0.3, -0.25) is 0 Å². The van der Waals surface area contributed by atoms with Crippen molar-refractivity contribution in [3.63, 3.8) is 0 Å². The molecular formula is C20H38O3S2. The van der Waals surface area contributed by atoms with Crippen molar-refractivity contribution in [1.29, 1.82) is 0 Å². The van der Waals surface area contributed by atoms with Gasteiger partial charge in [0.15, 0.2) is 10.1 Å². The molecule has 0 bridgehead atoms. The quantitative estimate of drug-likeness (QED) is 0.355. The molecule has 0 aliphatic heterocycles. The lowest BCUT2D eigenvalue weighted by atomic mass is 10.0. The van der Waals surface area contributed by atoms with Crippen LogP contribution in [0, 0.1) is 11.8 Å². The first-order valence-electron chi connectivity index (χ1n) is 9.98. The molecule has 0 aliphatic carbocycles. The van der Waals surface area contributed by atoms with Crippen LogP contribution in [0.2, 0.25) is 0 Å². The monoisotopic (exact) mass is 390 g/mol. The molecule has 0 amide bonds. The minimum absolute atomic E-state index is 0.235. The van der Waals surface area contributed by atoms with Crippen molar-refractivity contribution in [2.24, 2.45) is 11.8 Å². The zero-order valence-corrected chi connectivity index (χ0v) is 18.2. The summed E-state index contributed by atoms with van der Waals surface area (Å²) in [7, 11) is 0. The van der Waals surface area contributed by atoms with Gasteiger partial charge in [0.1, 0.15) is 6.10 Å². The molecule has 0 aliphatic rings. The topological polar surface area (TPSA) is 38.7 Å². The first-order chi connectivity index (χ1) is 12.0. The molecule has 148 valence electrons. The highest BCUT2D eigenvalue weighted by Crippen LogP contribution is 2.15. The maximum absolute atomic E-state index is 10.2. The average molecular weight is 391 g/mol. The lowest BCUT2D eigenvalue weighted by Crippen LogP contribution is -2.27. The molecule has 0 rings (SSSR count). The van der Waals surface area contributed by atoms with Crippen LogP contribution in [0.3, 0.4) is 0 Å². The molecule has 0 fully saturated rings. The van der Waals surface area contributed by atoms with E-state index in [1.165, 1.54) is 25.7 Å². The van der Waals surface area contributed by atoms with E-state index in [0.717, 1.165) is 25.7 Å². The minimum Gasteiger partial charge on any atom is -0.487 e. The van der Waals surface area contributed by atoms with Gasteiger partial charge in [0.25, 0.3) is 0 Å². The van der Waals surface area contributed by atoms with E-state index in [-0.39, 0.29) is 11.5 Å². The van der Waals surface area contributed by atoms with Gasteiger partial charge < -0.3 is 14.6 Å². The van der Waals surface area contributed by atoms with E-state index in [9.17, 15) is 5.11 Å². The molecular weight excluding hydrogens is 352 g/mol. The molecule has 0 heterocycles. The zero-order valence-electron chi connectivity index (χ0n) is 16.6. The second-order valence-corrected chi connectivity index (χ2v) is 7.72. The van der Waals surface area contributed by atoms with Crippen molar-refractivity contribution in [2.45, 2.75) is 91.6 Å². The first kappa shape index (κ1) is 24.7. The zero-order chi connectivity index (χ0) is 19.1. The molecule has 0 saturated heterocycles. The second-order valence-electron chi connectivity index (χ2n) is 6.87. The van der Waals surface area contributed by atoms with Crippen molar-refractivity contribution >= 4 is 34.5 Å². The number of unbranched alkanes of at least 4 members (excludes halogenated alkanes) is 2. The number of ether oxygens (including phenoxy) is 2. The summed E-state index contributed by atoms with van der Waals surface area (Å²) in [5.41, 5.74) is 0. The van der Waals surface area contributed by atoms with Crippen LogP contribution < -0.4 is 0 Å². The fourth-order valence-electron chi connectivity index (χ4n) is 2.60. The van der Waals surface area contributed by atoms with Gasteiger partial charge >= 0.3 is 0 Å². The second kappa shape index (κ2) is 16.0. The van der Waals surface area contributed by atoms with Crippen molar-refractivity contribution in [2.75, 3.05) is 13.2 Å². The van der Waals surface area contributed by atoms with Gasteiger partial charge in [-0.2, -0.15) is 0 Å². The number of hydrogen-bond acceptors (Lipinski definition) is 5. The number of rotatable bonds is 15. The van der Waals surface area contributed by atoms with Gasteiger partial charge in [0.05, 0.1) is 19.6 Å². The van der Waals surface area contributed by atoms with E-state index in [1.807, 2.05) is 0 Å². The lowest BCUT2D eigenvalue weighted by Gasteiger charge is -2.20. The molecule has 0 radical (unpaired) electrons. The van der Waals surface area contributed by atoms with Gasteiger partial charge in [-0.05, 0) is 49.1 Å². The summed E-state index contributed by atoms with van der Waals surface area (Å²) in [6.07, 6.45) is 8.64. The third-order valence-electron chi connectivity index (χ3n) is 4.66. The Kier molecular flexibility index (Phi) is 15.8. The molecule has 0 saturated carbocycles. The van der Waals surface area contributed by atoms with E-state index in [0.29, 0.717) is 30.1 Å². The predicted molar refractivity (Wildman–Crippen MR) is 114 cm³/mol. The maximum atomic E-state index is 10.2. The van der Waals surface area contributed by atoms with Crippen LogP contribution in [0.4, 0.5) is 0 Å². The van der Waals surface area contributed by atoms with Gasteiger partial charge in [0, 0.05) is 0 Å². The fraction of sp³-hybridized carbons (Fsp3) is 0.900. The number of hydrogen-bond donors (Lipinski definition) is 1. The summed E-state index contributed by atoms with van der Waals surface area (Å²) in [4.78, 5) is 0. The van der Waals surface area contributed by atoms with Crippen LogP contribution >= 0.6 is 24.4 Å². The molecule has 0 aromatic carbocycles. The molecule has 1 N–H and O–H groups in total. The highest BCUT2D eigenvalue weighted by atomic mass is 32.1. The Bertz CT molecular complexity index is 361. The lowest BCUT2D eigenvalue weighted by molar-refractivity contribution is 0.162. The van der Waals surface area contributed by atoms with Crippen LogP contribution in [-0.2, 0) is 9.47 Å². The molecule has 0 spiro atoms. The first-order valence-corrected chi connectivity index (χ1v) is 10.8. The number of aliphatic hydroxyl groups is 1. The van der Waals surface area contributed by atoms with E-state index < -0.39 is 6.10 Å². The third-order valence-corrected chi connectivity index (χ3v) is 5.33. The van der Waals surface area contributed by atoms with E-state index in [2.05, 4.69) is 27.7 Å². The van der Waals surface area contributed by atoms with Crippen molar-refractivity contribution < 1.29 is 14.6 Å². The van der Waals surface area contributed by atoms with Crippen molar-refractivity contribution in [3.05, 3.63) is 0 Å². The van der Waals surface area contributed by atoms with Gasteiger partial charge in [-0.25, -0.2) is 0 Å². The Hall–Kier alpha value is -0.260. The predicted octanol–water partition coefficient (Wildman–Crippen LogP) is 5.86. The van der Waals surface area contributed by atoms with E-state index in [1.54, 1.807) is 0 Å². The van der Waals surface area contributed by atoms with Gasteiger partial charge in [0.2, 0.25) is 0 Å². The maximum Gasteiger partial charge on any atom is 0.189 e. The van der Waals surface area contributed by atoms with Crippen LogP contribution in [0.5, 0.6) is 0 Å². The van der Waals surface area contributed by atoms with Crippen LogP contribution in [0.25, 0.3) is 0 Å². The number of thiocarbonyl (C=S) groups is 2. The number of aliphatic hydroxyl groups excluding tert-OH is 1. The van der Waals surface area contributed by atoms with Crippen LogP contribution in [0.15, 0.2) is 0 Å². The SMILES string of the molecule is CCCCC(CC)COC(=S)CC(O)C(=S)OCC(CC)CCCC. The highest BCUT2D eigenvalue weighted by molar-refractivity contribution is 7.80. The minimum atomic E-state index is -0.859. The van der Waals surface area contributed by atoms with Crippen molar-refractivity contribution in [1.82, 2.24) is 0 Å². The summed E-state index contributed by atoms with van der Waals surface area (Å²) in [5.74, 6) is 1.03. The Labute approximate surface area is 165 Å². The van der Waals surface area contributed by atoms with E-state index in [4.69, 9.17) is 33.9 Å². The van der Waals surface area contributed by atoms with Gasteiger partial charge in [-0.15, -0.1) is 0 Å². The summed E-state index contributed by atoms with van der Waals surface area (Å²) in [6, 6.07) is 0. The molecule has 0 aromatic heterocycles. The van der Waals surface area contributed by atoms with Crippen molar-refractivity contribution in [3.8, 4) is 0 Å². The summed E-state index contributed by atoms with van der Waals surface area (Å²) >= 11 is 10.4. The summed E-state index contributed by atoms with van der Waals surface area (Å²) < 4.78 is 11.3. The Balaban J connectivity index is 4.09. The van der Waals surface area contributed by atoms with Crippen LogP contribution in [0.1, 0.15) is 85.5 Å². The van der Waals surface area contributed by atoms with E-state index >= 15 is 0 Å². The Morgan fingerprint density at radius 2 is 1.32 bits per heavy atom. The summed E-state index contributed by atoms with van der Waals surface area (Å²) in [6.45, 7) is 9.93. The average Bonchev–Trinajstić information content (AvgIpc) is 2.61. The van der Waals surface area contributed by atoms with Gasteiger partial charge in [-0.1, -0.05) is 66.2 Å². The van der Waals surface area contributed by atoms with Crippen LogP contribution in [-0.4, -0.2) is 34.5 Å². The fourth-order valence-corrected chi connectivity index (χ4v) is 2.98. The molecule has 0 aromatic rings. The standard InChI is InChI=1S/C20H38O3S2/c1-5-9-11-16(7-3)14-22-19(24)13-18(21)20(25)23-15-17(8-4)12-10-6-2/h16-18,21H,5-15H2,1-4H3. The normalized spacial score (nSPS) is 14.6. The third kappa shape index (κ3) is 12.7. The largest absolute Gasteiger partial charge is 0.487 e. The Morgan fingerprint density at radius 1 is 0.840 bits per heavy atom. The molecule has 25 heavy (non-hydrogen) atoms. The molecule has 3 atom stereocenters. The molecule has 3 unspecified atom stereocenters. The molecule has 5 heteroatoms.